The number of rotatable bonds is 4. The highest BCUT2D eigenvalue weighted by Crippen LogP contribution is 2.32. The van der Waals surface area contributed by atoms with E-state index in [0.717, 1.165) is 15.8 Å². The van der Waals surface area contributed by atoms with E-state index in [9.17, 15) is 15.0 Å². The van der Waals surface area contributed by atoms with Crippen LogP contribution >= 0.6 is 11.3 Å². The molecule has 8 heteroatoms. The molecule has 0 spiro atoms. The lowest BCUT2D eigenvalue weighted by Crippen LogP contribution is -2.38. The van der Waals surface area contributed by atoms with E-state index >= 15 is 0 Å². The first-order chi connectivity index (χ1) is 12.5. The number of fused-ring (bicyclic) bond motifs is 1. The molecular formula is C18H16N4O3S. The van der Waals surface area contributed by atoms with Crippen molar-refractivity contribution in [1.82, 2.24) is 15.4 Å². The lowest BCUT2D eigenvalue weighted by atomic mass is 10.2. The number of hydrazine groups is 1. The predicted octanol–water partition coefficient (Wildman–Crippen LogP) is 1.92. The Morgan fingerprint density at radius 1 is 1.19 bits per heavy atom. The Kier molecular flexibility index (Phi) is 3.98. The second kappa shape index (κ2) is 6.32. The van der Waals surface area contributed by atoms with Crippen LogP contribution in [0.1, 0.15) is 10.6 Å². The van der Waals surface area contributed by atoms with Gasteiger partial charge >= 0.3 is 0 Å². The Morgan fingerprint density at radius 3 is 2.77 bits per heavy atom. The number of para-hydroxylation sites is 1. The SMILES string of the molecule is NC1=C(c2nc3ccccc3s2)C(=O)CN1NCc1ccc(O)c(O)c1. The monoisotopic (exact) mass is 368 g/mol. The lowest BCUT2D eigenvalue weighted by Gasteiger charge is -2.19. The molecule has 0 atom stereocenters. The summed E-state index contributed by atoms with van der Waals surface area (Å²) in [4.78, 5) is 17.0. The molecule has 0 radical (unpaired) electrons. The van der Waals surface area contributed by atoms with Gasteiger partial charge in [0, 0.05) is 6.54 Å². The zero-order valence-corrected chi connectivity index (χ0v) is 14.5. The fraction of sp³-hybridized carbons (Fsp3) is 0.111. The summed E-state index contributed by atoms with van der Waals surface area (Å²) in [6.07, 6.45) is 0. The first-order valence-corrected chi connectivity index (χ1v) is 8.75. The Hall–Kier alpha value is -3.10. The van der Waals surface area contributed by atoms with Crippen molar-refractivity contribution >= 4 is 32.9 Å². The Morgan fingerprint density at radius 2 is 2.00 bits per heavy atom. The largest absolute Gasteiger partial charge is 0.504 e. The molecule has 1 aromatic heterocycles. The van der Waals surface area contributed by atoms with Gasteiger partial charge in [-0.1, -0.05) is 18.2 Å². The molecule has 5 N–H and O–H groups in total. The van der Waals surface area contributed by atoms with Crippen molar-refractivity contribution in [2.24, 2.45) is 5.73 Å². The number of carbonyl (C=O) groups excluding carboxylic acids is 1. The minimum atomic E-state index is -0.194. The molecule has 0 saturated heterocycles. The molecule has 132 valence electrons. The van der Waals surface area contributed by atoms with E-state index in [2.05, 4.69) is 10.4 Å². The molecule has 7 nitrogen and oxygen atoms in total. The predicted molar refractivity (Wildman–Crippen MR) is 99.1 cm³/mol. The van der Waals surface area contributed by atoms with Gasteiger partial charge in [0.1, 0.15) is 10.8 Å². The molecule has 0 unspecified atom stereocenters. The Labute approximate surface area is 153 Å². The minimum absolute atomic E-state index is 0.0948. The summed E-state index contributed by atoms with van der Waals surface area (Å²) in [6, 6.07) is 12.2. The standard InChI is InChI=1S/C18H16N4O3S/c19-17-16(18-21-11-3-1-2-4-15(11)26-18)14(25)9-22(17)20-8-10-5-6-12(23)13(24)7-10/h1-7,20,23-24H,8-9,19H2. The van der Waals surface area contributed by atoms with Crippen LogP contribution in [0.15, 0.2) is 48.3 Å². The van der Waals surface area contributed by atoms with Crippen molar-refractivity contribution in [3.63, 3.8) is 0 Å². The third-order valence-electron chi connectivity index (χ3n) is 4.15. The summed E-state index contributed by atoms with van der Waals surface area (Å²) in [7, 11) is 0. The summed E-state index contributed by atoms with van der Waals surface area (Å²) in [6.45, 7) is 0.454. The molecule has 0 bridgehead atoms. The molecule has 0 fully saturated rings. The van der Waals surface area contributed by atoms with Gasteiger partial charge in [0.05, 0.1) is 22.3 Å². The highest BCUT2D eigenvalue weighted by atomic mass is 32.1. The summed E-state index contributed by atoms with van der Waals surface area (Å²) in [5, 5.41) is 21.1. The maximum atomic E-state index is 12.5. The summed E-state index contributed by atoms with van der Waals surface area (Å²) in [5.41, 5.74) is 11.3. The molecule has 2 aromatic carbocycles. The van der Waals surface area contributed by atoms with Crippen molar-refractivity contribution < 1.29 is 15.0 Å². The van der Waals surface area contributed by atoms with E-state index < -0.39 is 0 Å². The Balaban J connectivity index is 1.57. The number of ketones is 1. The topological polar surface area (TPSA) is 112 Å². The maximum Gasteiger partial charge on any atom is 0.190 e. The van der Waals surface area contributed by atoms with E-state index in [1.165, 1.54) is 23.5 Å². The second-order valence-electron chi connectivity index (χ2n) is 5.91. The van der Waals surface area contributed by atoms with Gasteiger partial charge in [-0.25, -0.2) is 10.4 Å². The highest BCUT2D eigenvalue weighted by molar-refractivity contribution is 7.19. The number of hydrogen-bond donors (Lipinski definition) is 4. The maximum absolute atomic E-state index is 12.5. The number of nitrogens with one attached hydrogen (secondary N) is 1. The van der Waals surface area contributed by atoms with Gasteiger partial charge in [-0.3, -0.25) is 9.80 Å². The van der Waals surface area contributed by atoms with E-state index in [1.807, 2.05) is 24.3 Å². The number of Topliss-reactive ketones (excluding diaryl/α,β-unsaturated/α-hetero) is 1. The summed E-state index contributed by atoms with van der Waals surface area (Å²) in [5.74, 6) is -0.136. The number of nitrogens with zero attached hydrogens (tertiary/aromatic N) is 2. The first kappa shape index (κ1) is 16.4. The minimum Gasteiger partial charge on any atom is -0.504 e. The number of carbonyl (C=O) groups is 1. The number of phenolic OH excluding ortho intramolecular Hbond substituents is 2. The van der Waals surface area contributed by atoms with Crippen LogP contribution in [-0.4, -0.2) is 32.5 Å². The van der Waals surface area contributed by atoms with Crippen LogP contribution in [0.2, 0.25) is 0 Å². The number of phenols is 2. The van der Waals surface area contributed by atoms with Gasteiger partial charge in [-0.15, -0.1) is 11.3 Å². The quantitative estimate of drug-likeness (QED) is 0.521. The van der Waals surface area contributed by atoms with Gasteiger partial charge in [0.2, 0.25) is 0 Å². The van der Waals surface area contributed by atoms with Crippen molar-refractivity contribution in [1.29, 1.82) is 0 Å². The highest BCUT2D eigenvalue weighted by Gasteiger charge is 2.31. The van der Waals surface area contributed by atoms with Gasteiger partial charge in [-0.05, 0) is 29.8 Å². The molecule has 1 aliphatic rings. The Bertz CT molecular complexity index is 1010. The molecule has 0 saturated carbocycles. The van der Waals surface area contributed by atoms with Gasteiger partial charge < -0.3 is 15.9 Å². The van der Waals surface area contributed by atoms with Crippen molar-refractivity contribution in [2.45, 2.75) is 6.54 Å². The van der Waals surface area contributed by atoms with E-state index in [0.29, 0.717) is 22.9 Å². The van der Waals surface area contributed by atoms with Gasteiger partial charge in [-0.2, -0.15) is 0 Å². The summed E-state index contributed by atoms with van der Waals surface area (Å²) >= 11 is 1.44. The molecule has 3 aromatic rings. The van der Waals surface area contributed by atoms with E-state index in [1.54, 1.807) is 11.1 Å². The molecule has 26 heavy (non-hydrogen) atoms. The molecule has 1 aliphatic heterocycles. The third kappa shape index (κ3) is 2.85. The van der Waals surface area contributed by atoms with Crippen molar-refractivity contribution in [3.8, 4) is 11.5 Å². The van der Waals surface area contributed by atoms with Gasteiger partial charge in [0.15, 0.2) is 17.3 Å². The number of benzene rings is 2. The van der Waals surface area contributed by atoms with Gasteiger partial charge in [0.25, 0.3) is 0 Å². The lowest BCUT2D eigenvalue weighted by molar-refractivity contribution is -0.113. The molecule has 4 rings (SSSR count). The third-order valence-corrected chi connectivity index (χ3v) is 5.20. The molecular weight excluding hydrogens is 352 g/mol. The zero-order chi connectivity index (χ0) is 18.3. The van der Waals surface area contributed by atoms with Crippen molar-refractivity contribution in [2.75, 3.05) is 6.54 Å². The molecule has 2 heterocycles. The van der Waals surface area contributed by atoms with Crippen molar-refractivity contribution in [3.05, 3.63) is 58.9 Å². The zero-order valence-electron chi connectivity index (χ0n) is 13.6. The average molecular weight is 368 g/mol. The number of aromatic nitrogens is 1. The number of hydrogen-bond acceptors (Lipinski definition) is 8. The van der Waals surface area contributed by atoms with Crippen LogP contribution in [0.4, 0.5) is 0 Å². The normalized spacial score (nSPS) is 14.6. The first-order valence-electron chi connectivity index (χ1n) is 7.93. The fourth-order valence-corrected chi connectivity index (χ4v) is 3.84. The van der Waals surface area contributed by atoms with Crippen LogP contribution in [0.25, 0.3) is 15.8 Å². The molecule has 0 aliphatic carbocycles. The fourth-order valence-electron chi connectivity index (χ4n) is 2.80. The number of aromatic hydroxyl groups is 2. The average Bonchev–Trinajstić information content (AvgIpc) is 3.16. The van der Waals surface area contributed by atoms with E-state index in [-0.39, 0.29) is 23.8 Å². The van der Waals surface area contributed by atoms with Crippen LogP contribution in [0.3, 0.4) is 0 Å². The van der Waals surface area contributed by atoms with Crippen LogP contribution < -0.4 is 11.2 Å². The molecule has 0 amide bonds. The summed E-state index contributed by atoms with van der Waals surface area (Å²) < 4.78 is 1.00. The van der Waals surface area contributed by atoms with E-state index in [4.69, 9.17) is 5.73 Å². The van der Waals surface area contributed by atoms with Crippen LogP contribution in [0, 0.1) is 0 Å². The number of nitrogens with two attached hydrogens (primary N) is 1. The van der Waals surface area contributed by atoms with Crippen LogP contribution in [0.5, 0.6) is 11.5 Å². The smallest absolute Gasteiger partial charge is 0.190 e. The number of thiazole rings is 1. The second-order valence-corrected chi connectivity index (χ2v) is 6.94. The van der Waals surface area contributed by atoms with Crippen LogP contribution in [-0.2, 0) is 11.3 Å².